The van der Waals surface area contributed by atoms with Crippen LogP contribution in [0.4, 0.5) is 0 Å². The molecule has 0 fully saturated rings. The monoisotopic (exact) mass is 346 g/mol. The van der Waals surface area contributed by atoms with Gasteiger partial charge in [0, 0.05) is 0 Å². The Morgan fingerprint density at radius 2 is 1.81 bits per heavy atom. The highest BCUT2D eigenvalue weighted by atomic mass is 16.5. The maximum atomic E-state index is 12.4. The summed E-state index contributed by atoms with van der Waals surface area (Å²) in [5.74, 6) is 0.200. The van der Waals surface area contributed by atoms with E-state index in [0.717, 1.165) is 16.6 Å². The summed E-state index contributed by atoms with van der Waals surface area (Å²) in [5, 5.41) is 4.61. The van der Waals surface area contributed by atoms with Gasteiger partial charge in [-0.25, -0.2) is 9.78 Å². The fourth-order valence-corrected chi connectivity index (χ4v) is 3.04. The van der Waals surface area contributed by atoms with Crippen molar-refractivity contribution >= 4 is 29.0 Å². The van der Waals surface area contributed by atoms with Crippen LogP contribution in [0.2, 0.25) is 0 Å². The molecule has 0 aliphatic rings. The standard InChI is InChI=1S/C20H18N4O2/c1-3-26-19(25)18-14(2)22-20-23(18)16-11-7-8-12-17(16)24(20)21-13-15-9-5-4-6-10-15/h4-13H,3H2,1-2H3. The van der Waals surface area contributed by atoms with Crippen LogP contribution in [-0.2, 0) is 4.74 Å². The number of hydrogen-bond donors (Lipinski definition) is 0. The van der Waals surface area contributed by atoms with Gasteiger partial charge in [-0.05, 0) is 31.5 Å². The summed E-state index contributed by atoms with van der Waals surface area (Å²) in [6, 6.07) is 17.6. The first kappa shape index (κ1) is 16.1. The molecule has 2 aromatic carbocycles. The average molecular weight is 346 g/mol. The number of carbonyl (C=O) groups is 1. The summed E-state index contributed by atoms with van der Waals surface area (Å²) in [6.07, 6.45) is 1.78. The Labute approximate surface area is 150 Å². The topological polar surface area (TPSA) is 60.9 Å². The van der Waals surface area contributed by atoms with Gasteiger partial charge in [-0.3, -0.25) is 4.40 Å². The van der Waals surface area contributed by atoms with Crippen LogP contribution in [0.1, 0.15) is 28.7 Å². The van der Waals surface area contributed by atoms with Crippen LogP contribution in [0, 0.1) is 6.92 Å². The molecule has 6 heteroatoms. The van der Waals surface area contributed by atoms with E-state index in [-0.39, 0.29) is 5.97 Å². The molecule has 0 radical (unpaired) electrons. The molecule has 0 N–H and O–H groups in total. The predicted octanol–water partition coefficient (Wildman–Crippen LogP) is 3.66. The third kappa shape index (κ3) is 2.56. The third-order valence-electron chi connectivity index (χ3n) is 4.16. The van der Waals surface area contributed by atoms with Gasteiger partial charge in [0.1, 0.15) is 0 Å². The second kappa shape index (κ2) is 6.48. The van der Waals surface area contributed by atoms with Gasteiger partial charge in [0.15, 0.2) is 5.69 Å². The normalized spacial score (nSPS) is 11.6. The van der Waals surface area contributed by atoms with Crippen molar-refractivity contribution in [2.24, 2.45) is 5.10 Å². The van der Waals surface area contributed by atoms with Crippen LogP contribution in [0.25, 0.3) is 16.8 Å². The molecule has 6 nitrogen and oxygen atoms in total. The lowest BCUT2D eigenvalue weighted by atomic mass is 10.2. The van der Waals surface area contributed by atoms with Crippen molar-refractivity contribution in [3.8, 4) is 0 Å². The zero-order valence-electron chi connectivity index (χ0n) is 14.6. The second-order valence-electron chi connectivity index (χ2n) is 5.86. The van der Waals surface area contributed by atoms with E-state index in [1.54, 1.807) is 24.7 Å². The number of rotatable bonds is 4. The summed E-state index contributed by atoms with van der Waals surface area (Å²) in [4.78, 5) is 17.0. The van der Waals surface area contributed by atoms with Gasteiger partial charge in [-0.1, -0.05) is 42.5 Å². The first-order chi connectivity index (χ1) is 12.7. The molecule has 0 atom stereocenters. The van der Waals surface area contributed by atoms with E-state index in [1.165, 1.54) is 0 Å². The van der Waals surface area contributed by atoms with Gasteiger partial charge in [0.2, 0.25) is 5.78 Å². The fourth-order valence-electron chi connectivity index (χ4n) is 3.04. The SMILES string of the molecule is CCOC(=O)c1c(C)nc2n(N=Cc3ccccc3)c3ccccc3n12. The van der Waals surface area contributed by atoms with Gasteiger partial charge < -0.3 is 4.74 Å². The van der Waals surface area contributed by atoms with Crippen molar-refractivity contribution in [2.75, 3.05) is 6.61 Å². The number of para-hydroxylation sites is 2. The summed E-state index contributed by atoms with van der Waals surface area (Å²) < 4.78 is 8.77. The maximum absolute atomic E-state index is 12.4. The minimum absolute atomic E-state index is 0.316. The molecule has 4 rings (SSSR count). The number of imidazole rings is 2. The first-order valence-electron chi connectivity index (χ1n) is 8.45. The van der Waals surface area contributed by atoms with E-state index < -0.39 is 0 Å². The third-order valence-corrected chi connectivity index (χ3v) is 4.16. The summed E-state index contributed by atoms with van der Waals surface area (Å²) in [7, 11) is 0. The number of hydrogen-bond acceptors (Lipinski definition) is 4. The highest BCUT2D eigenvalue weighted by Gasteiger charge is 2.23. The molecule has 0 aliphatic heterocycles. The fraction of sp³-hybridized carbons (Fsp3) is 0.150. The average Bonchev–Trinajstić information content (AvgIpc) is 3.14. The lowest BCUT2D eigenvalue weighted by Crippen LogP contribution is -2.09. The zero-order chi connectivity index (χ0) is 18.1. The molecule has 2 heterocycles. The quantitative estimate of drug-likeness (QED) is 0.418. The largest absolute Gasteiger partial charge is 0.461 e. The molecule has 0 saturated heterocycles. The van der Waals surface area contributed by atoms with E-state index in [2.05, 4.69) is 10.1 Å². The highest BCUT2D eigenvalue weighted by Crippen LogP contribution is 2.24. The smallest absolute Gasteiger partial charge is 0.357 e. The van der Waals surface area contributed by atoms with E-state index in [1.807, 2.05) is 59.0 Å². The molecule has 0 aliphatic carbocycles. The molecular formula is C20H18N4O2. The predicted molar refractivity (Wildman–Crippen MR) is 101 cm³/mol. The molecule has 26 heavy (non-hydrogen) atoms. The van der Waals surface area contributed by atoms with Gasteiger partial charge in [0.05, 0.1) is 29.5 Å². The minimum Gasteiger partial charge on any atom is -0.461 e. The van der Waals surface area contributed by atoms with Crippen LogP contribution < -0.4 is 0 Å². The molecule has 0 unspecified atom stereocenters. The van der Waals surface area contributed by atoms with Crippen molar-refractivity contribution in [1.82, 2.24) is 14.1 Å². The molecule has 2 aromatic heterocycles. The molecule has 0 saturated carbocycles. The molecule has 0 amide bonds. The minimum atomic E-state index is -0.382. The van der Waals surface area contributed by atoms with E-state index in [0.29, 0.717) is 23.8 Å². The summed E-state index contributed by atoms with van der Waals surface area (Å²) in [5.41, 5.74) is 3.76. The van der Waals surface area contributed by atoms with Crippen LogP contribution in [-0.4, -0.2) is 32.9 Å². The number of aromatic nitrogens is 3. The van der Waals surface area contributed by atoms with Crippen molar-refractivity contribution < 1.29 is 9.53 Å². The van der Waals surface area contributed by atoms with Crippen molar-refractivity contribution in [3.63, 3.8) is 0 Å². The molecule has 0 spiro atoms. The second-order valence-corrected chi connectivity index (χ2v) is 5.86. The van der Waals surface area contributed by atoms with Crippen LogP contribution in [0.5, 0.6) is 0 Å². The van der Waals surface area contributed by atoms with Gasteiger partial charge in [-0.2, -0.15) is 9.78 Å². The summed E-state index contributed by atoms with van der Waals surface area (Å²) >= 11 is 0. The molecule has 130 valence electrons. The molecule has 4 aromatic rings. The van der Waals surface area contributed by atoms with E-state index in [9.17, 15) is 4.79 Å². The Hall–Kier alpha value is -3.41. The Balaban J connectivity index is 1.96. The number of benzene rings is 2. The Morgan fingerprint density at radius 3 is 2.54 bits per heavy atom. The van der Waals surface area contributed by atoms with E-state index in [4.69, 9.17) is 4.74 Å². The van der Waals surface area contributed by atoms with Crippen LogP contribution in [0.15, 0.2) is 59.7 Å². The number of esters is 1. The molecular weight excluding hydrogens is 328 g/mol. The number of ether oxygens (including phenoxy) is 1. The Bertz CT molecular complexity index is 1120. The number of carbonyl (C=O) groups excluding carboxylic acids is 1. The Morgan fingerprint density at radius 1 is 1.12 bits per heavy atom. The number of fused-ring (bicyclic) bond motifs is 3. The first-order valence-corrected chi connectivity index (χ1v) is 8.45. The van der Waals surface area contributed by atoms with Crippen molar-refractivity contribution in [2.45, 2.75) is 13.8 Å². The van der Waals surface area contributed by atoms with Crippen LogP contribution in [0.3, 0.4) is 0 Å². The Kier molecular flexibility index (Phi) is 4.01. The highest BCUT2D eigenvalue weighted by molar-refractivity contribution is 5.94. The maximum Gasteiger partial charge on any atom is 0.357 e. The zero-order valence-corrected chi connectivity index (χ0v) is 14.6. The van der Waals surface area contributed by atoms with Crippen LogP contribution >= 0.6 is 0 Å². The van der Waals surface area contributed by atoms with Gasteiger partial charge in [-0.15, -0.1) is 0 Å². The van der Waals surface area contributed by atoms with Gasteiger partial charge in [0.25, 0.3) is 0 Å². The summed E-state index contributed by atoms with van der Waals surface area (Å²) in [6.45, 7) is 3.91. The molecule has 0 bridgehead atoms. The van der Waals surface area contributed by atoms with Gasteiger partial charge >= 0.3 is 5.97 Å². The lowest BCUT2D eigenvalue weighted by molar-refractivity contribution is 0.0518. The van der Waals surface area contributed by atoms with Crippen molar-refractivity contribution in [1.29, 1.82) is 0 Å². The number of aryl methyl sites for hydroxylation is 1. The van der Waals surface area contributed by atoms with Crippen molar-refractivity contribution in [3.05, 3.63) is 71.5 Å². The lowest BCUT2D eigenvalue weighted by Gasteiger charge is -2.01. The van der Waals surface area contributed by atoms with E-state index >= 15 is 0 Å². The number of nitrogens with zero attached hydrogens (tertiary/aromatic N) is 4.